The highest BCUT2D eigenvalue weighted by Gasteiger charge is 2.26. The van der Waals surface area contributed by atoms with Crippen LogP contribution in [0.3, 0.4) is 0 Å². The van der Waals surface area contributed by atoms with Crippen LogP contribution in [0.25, 0.3) is 0 Å². The van der Waals surface area contributed by atoms with Gasteiger partial charge in [-0.15, -0.1) is 0 Å². The van der Waals surface area contributed by atoms with Crippen LogP contribution in [0.2, 0.25) is 5.02 Å². The monoisotopic (exact) mass is 483 g/mol. The van der Waals surface area contributed by atoms with E-state index in [4.69, 9.17) is 11.6 Å². The Hall–Kier alpha value is -2.10. The Morgan fingerprint density at radius 3 is 2.61 bits per heavy atom. The Morgan fingerprint density at radius 1 is 1.35 bits per heavy atom. The normalized spacial score (nSPS) is 14.9. The first-order chi connectivity index (χ1) is 14.3. The lowest BCUT2D eigenvalue weighted by atomic mass is 10.0. The number of nitrogens with zero attached hydrogens (tertiary/aromatic N) is 1. The summed E-state index contributed by atoms with van der Waals surface area (Å²) in [6, 6.07) is 7.67. The minimum absolute atomic E-state index is 0.0878. The molecule has 0 fully saturated rings. The number of aromatic nitrogens is 1. The van der Waals surface area contributed by atoms with Gasteiger partial charge >= 0.3 is 0 Å². The first kappa shape index (κ1) is 25.2. The lowest BCUT2D eigenvalue weighted by Gasteiger charge is -2.28. The summed E-state index contributed by atoms with van der Waals surface area (Å²) in [5.74, 6) is -3.23. The first-order valence-electron chi connectivity index (χ1n) is 9.36. The molecule has 10 heteroatoms. The van der Waals surface area contributed by atoms with Crippen LogP contribution in [0.5, 0.6) is 0 Å². The van der Waals surface area contributed by atoms with Crippen molar-refractivity contribution >= 4 is 43.3 Å². The van der Waals surface area contributed by atoms with Gasteiger partial charge in [-0.1, -0.05) is 42.8 Å². The molecule has 2 rings (SSSR count). The zero-order chi connectivity index (χ0) is 23.4. The smallest absolute Gasteiger partial charge is 0.225 e. The van der Waals surface area contributed by atoms with Gasteiger partial charge in [-0.2, -0.15) is 9.37 Å². The number of benzene rings is 1. The van der Waals surface area contributed by atoms with Crippen molar-refractivity contribution in [3.63, 3.8) is 0 Å². The van der Waals surface area contributed by atoms with E-state index >= 15 is 0 Å². The van der Waals surface area contributed by atoms with Crippen LogP contribution in [0.1, 0.15) is 42.6 Å². The SMILES string of the molecule is C[C@H](/C=C/S(C)(=O)=O)CCC(=O)c1cc(F)c(N[C@@](C)([Si])c2ccccc2Cl)nc1F. The summed E-state index contributed by atoms with van der Waals surface area (Å²) < 4.78 is 51.4. The summed E-state index contributed by atoms with van der Waals surface area (Å²) in [5, 5.41) is 3.18. The summed E-state index contributed by atoms with van der Waals surface area (Å²) in [6.07, 6.45) is 2.70. The minimum atomic E-state index is -3.27. The van der Waals surface area contributed by atoms with Gasteiger partial charge in [-0.3, -0.25) is 4.79 Å². The molecule has 1 heterocycles. The molecule has 0 aliphatic heterocycles. The average Bonchev–Trinajstić information content (AvgIpc) is 2.66. The van der Waals surface area contributed by atoms with E-state index in [1.165, 1.54) is 6.08 Å². The number of allylic oxidation sites excluding steroid dienone is 1. The summed E-state index contributed by atoms with van der Waals surface area (Å²) in [7, 11) is 0.205. The summed E-state index contributed by atoms with van der Waals surface area (Å²) in [4.78, 5) is 15.9. The molecule has 2 aromatic rings. The number of Topliss-reactive ketones (excluding diaryl/α,β-unsaturated/α-hetero) is 1. The molecule has 0 bridgehead atoms. The van der Waals surface area contributed by atoms with Crippen molar-refractivity contribution in [1.29, 1.82) is 0 Å². The van der Waals surface area contributed by atoms with Crippen molar-refractivity contribution in [2.75, 3.05) is 11.6 Å². The minimum Gasteiger partial charge on any atom is -0.362 e. The summed E-state index contributed by atoms with van der Waals surface area (Å²) in [5.41, 5.74) is 0.127. The van der Waals surface area contributed by atoms with Crippen molar-refractivity contribution < 1.29 is 22.0 Å². The highest BCUT2D eigenvalue weighted by molar-refractivity contribution is 7.93. The molecule has 0 unspecified atom stereocenters. The zero-order valence-corrected chi connectivity index (χ0v) is 19.8. The second kappa shape index (κ2) is 10.0. The highest BCUT2D eigenvalue weighted by Crippen LogP contribution is 2.30. The van der Waals surface area contributed by atoms with E-state index in [9.17, 15) is 22.0 Å². The number of pyridine rings is 1. The van der Waals surface area contributed by atoms with Crippen LogP contribution in [0.15, 0.2) is 41.8 Å². The van der Waals surface area contributed by atoms with E-state index in [2.05, 4.69) is 20.5 Å². The van der Waals surface area contributed by atoms with Crippen molar-refractivity contribution in [2.24, 2.45) is 5.92 Å². The van der Waals surface area contributed by atoms with Crippen LogP contribution >= 0.6 is 11.6 Å². The number of rotatable bonds is 9. The maximum Gasteiger partial charge on any atom is 0.225 e. The second-order valence-electron chi connectivity index (χ2n) is 7.48. The molecule has 0 spiro atoms. The maximum absolute atomic E-state index is 14.6. The van der Waals surface area contributed by atoms with Crippen molar-refractivity contribution in [1.82, 2.24) is 4.98 Å². The lowest BCUT2D eigenvalue weighted by molar-refractivity contribution is 0.0971. The van der Waals surface area contributed by atoms with E-state index < -0.39 is 38.1 Å². The van der Waals surface area contributed by atoms with Gasteiger partial charge in [0.05, 0.1) is 15.8 Å². The Bertz CT molecular complexity index is 1110. The first-order valence-corrected chi connectivity index (χ1v) is 12.2. The largest absolute Gasteiger partial charge is 0.362 e. The van der Waals surface area contributed by atoms with Gasteiger partial charge in [0.1, 0.15) is 0 Å². The molecule has 31 heavy (non-hydrogen) atoms. The van der Waals surface area contributed by atoms with Crippen molar-refractivity contribution in [2.45, 2.75) is 31.9 Å². The second-order valence-corrected chi connectivity index (χ2v) is 10.8. The molecule has 0 saturated heterocycles. The molecule has 0 saturated carbocycles. The third kappa shape index (κ3) is 7.22. The Kier molecular flexibility index (Phi) is 8.13. The Morgan fingerprint density at radius 2 is 2.00 bits per heavy atom. The molecule has 1 aromatic carbocycles. The number of carbonyl (C=O) groups excluding carboxylic acids is 1. The standard InChI is InChI=1S/C21H22ClF2N2O3SSi/c1-13(10-11-30(3,28)29)8-9-18(27)14-12-17(23)20(25-19(14)24)26-21(2,31)15-6-4-5-7-16(15)22/h4-7,10-13H,8-9H2,1-3H3,(H,25,26)/b11-10+/t13-,21-/m0/s1. The van der Waals surface area contributed by atoms with Gasteiger partial charge in [0.15, 0.2) is 27.3 Å². The molecule has 0 amide bonds. The van der Waals surface area contributed by atoms with Crippen LogP contribution in [0.4, 0.5) is 14.6 Å². The Balaban J connectivity index is 2.15. The molecule has 165 valence electrons. The molecule has 3 radical (unpaired) electrons. The number of sulfone groups is 1. The van der Waals surface area contributed by atoms with Gasteiger partial charge in [0, 0.05) is 28.3 Å². The molecule has 0 aliphatic carbocycles. The summed E-state index contributed by atoms with van der Waals surface area (Å²) >= 11 is 6.18. The van der Waals surface area contributed by atoms with E-state index in [0.717, 1.165) is 17.7 Å². The molecule has 5 nitrogen and oxygen atoms in total. The molecule has 0 aliphatic rings. The van der Waals surface area contributed by atoms with Crippen molar-refractivity contribution in [3.8, 4) is 0 Å². The van der Waals surface area contributed by atoms with Gasteiger partial charge < -0.3 is 5.32 Å². The predicted molar refractivity (Wildman–Crippen MR) is 119 cm³/mol. The highest BCUT2D eigenvalue weighted by atomic mass is 35.5. The Labute approximate surface area is 189 Å². The molecule has 1 aromatic heterocycles. The van der Waals surface area contributed by atoms with Gasteiger partial charge in [0.2, 0.25) is 5.95 Å². The topological polar surface area (TPSA) is 76.1 Å². The number of nitrogens with one attached hydrogen (secondary N) is 1. The van der Waals surface area contributed by atoms with E-state index in [0.29, 0.717) is 10.6 Å². The zero-order valence-electron chi connectivity index (χ0n) is 17.2. The van der Waals surface area contributed by atoms with Gasteiger partial charge in [0.25, 0.3) is 0 Å². The van der Waals surface area contributed by atoms with Crippen LogP contribution in [-0.2, 0) is 15.0 Å². The number of anilines is 1. The van der Waals surface area contributed by atoms with Gasteiger partial charge in [-0.05, 0) is 37.0 Å². The number of ketones is 1. The van der Waals surface area contributed by atoms with Crippen LogP contribution in [-0.4, -0.2) is 35.7 Å². The predicted octanol–water partition coefficient (Wildman–Crippen LogP) is 4.62. The fourth-order valence-corrected chi connectivity index (χ4v) is 4.08. The van der Waals surface area contributed by atoms with E-state index in [1.54, 1.807) is 38.1 Å². The summed E-state index contributed by atoms with van der Waals surface area (Å²) in [6.45, 7) is 3.39. The fourth-order valence-electron chi connectivity index (χ4n) is 2.79. The maximum atomic E-state index is 14.6. The number of hydrogen-bond donors (Lipinski definition) is 1. The molecule has 1 N–H and O–H groups in total. The third-order valence-corrected chi connectivity index (χ3v) is 5.87. The third-order valence-electron chi connectivity index (χ3n) is 4.49. The molecule has 2 atom stereocenters. The van der Waals surface area contributed by atoms with Crippen LogP contribution in [0, 0.1) is 17.7 Å². The number of hydrogen-bond acceptors (Lipinski definition) is 5. The van der Waals surface area contributed by atoms with Crippen molar-refractivity contribution in [3.05, 3.63) is 69.7 Å². The van der Waals surface area contributed by atoms with E-state index in [-0.39, 0.29) is 24.6 Å². The van der Waals surface area contributed by atoms with Crippen LogP contribution < -0.4 is 5.32 Å². The number of halogens is 3. The fraction of sp³-hybridized carbons (Fsp3) is 0.333. The molecular weight excluding hydrogens is 462 g/mol. The van der Waals surface area contributed by atoms with E-state index in [1.807, 2.05) is 0 Å². The quantitative estimate of drug-likeness (QED) is 0.320. The van der Waals surface area contributed by atoms with Gasteiger partial charge in [-0.25, -0.2) is 12.8 Å². The number of carbonyl (C=O) groups is 1. The molecular formula is C21H22ClF2N2O3SSi. The average molecular weight is 484 g/mol. The lowest BCUT2D eigenvalue weighted by Crippen LogP contribution is -2.33.